The number of aliphatic hydroxyl groups excluding tert-OH is 2. The first-order valence-electron chi connectivity index (χ1n) is 5.43. The van der Waals surface area contributed by atoms with Crippen LogP contribution in [0.1, 0.15) is 20.3 Å². The monoisotopic (exact) mass is 228 g/mol. The summed E-state index contributed by atoms with van der Waals surface area (Å²) < 4.78 is 11.0. The second kappa shape index (κ2) is 4.07. The highest BCUT2D eigenvalue weighted by Crippen LogP contribution is 2.34. The van der Waals surface area contributed by atoms with Crippen LogP contribution in [0.25, 0.3) is 0 Å². The van der Waals surface area contributed by atoms with Gasteiger partial charge in [0.05, 0.1) is 18.6 Å². The minimum absolute atomic E-state index is 0.0938. The minimum Gasteiger partial charge on any atom is -0.508 e. The predicted octanol–water partition coefficient (Wildman–Crippen LogP) is 1.30. The topological polar surface area (TPSA) is 76.0 Å². The van der Waals surface area contributed by atoms with E-state index in [1.807, 2.05) is 13.8 Å². The molecule has 0 aromatic rings. The van der Waals surface area contributed by atoms with Gasteiger partial charge in [-0.05, 0) is 0 Å². The minimum atomic E-state index is -0.526. The lowest BCUT2D eigenvalue weighted by Crippen LogP contribution is -2.25. The van der Waals surface area contributed by atoms with Gasteiger partial charge in [0.15, 0.2) is 12.0 Å². The number of hydrogen-bond donors (Lipinski definition) is 2. The van der Waals surface area contributed by atoms with Crippen LogP contribution in [0.4, 0.5) is 0 Å². The number of Topliss-reactive ketones (excluding diaryl/α,β-unsaturated/α-hetero) is 1. The molecule has 0 aromatic carbocycles. The molecule has 5 heteroatoms. The largest absolute Gasteiger partial charge is 0.508 e. The fourth-order valence-corrected chi connectivity index (χ4v) is 2.02. The van der Waals surface area contributed by atoms with Crippen LogP contribution in [0.2, 0.25) is 0 Å². The van der Waals surface area contributed by atoms with Gasteiger partial charge in [-0.15, -0.1) is 0 Å². The molecule has 0 amide bonds. The highest BCUT2D eigenvalue weighted by molar-refractivity contribution is 5.96. The van der Waals surface area contributed by atoms with Gasteiger partial charge in [0.2, 0.25) is 5.78 Å². The molecular weight excluding hydrogens is 212 g/mol. The van der Waals surface area contributed by atoms with Crippen LogP contribution in [-0.2, 0) is 14.3 Å². The fourth-order valence-electron chi connectivity index (χ4n) is 2.02. The zero-order valence-electron chi connectivity index (χ0n) is 9.34. The van der Waals surface area contributed by atoms with E-state index >= 15 is 0 Å². The molecule has 2 rings (SSSR count). The Balaban J connectivity index is 2.04. The van der Waals surface area contributed by atoms with E-state index in [0.717, 1.165) is 0 Å². The van der Waals surface area contributed by atoms with E-state index in [4.69, 9.17) is 9.47 Å². The standard InChI is InChI=1S/C11H16O5/c1-5(2)11-15-4-8(16-11)6-3-7(12)10(14)9(6)13/h5-6,8,11,13-14H,3-4H2,1-2H3/t6?,8-,11?/m0/s1. The molecule has 0 radical (unpaired) electrons. The Kier molecular flexibility index (Phi) is 2.90. The summed E-state index contributed by atoms with van der Waals surface area (Å²) in [4.78, 5) is 11.2. The Morgan fingerprint density at radius 3 is 2.50 bits per heavy atom. The van der Waals surface area contributed by atoms with Gasteiger partial charge in [-0.3, -0.25) is 4.79 Å². The quantitative estimate of drug-likeness (QED) is 0.745. The zero-order valence-corrected chi connectivity index (χ0v) is 9.34. The van der Waals surface area contributed by atoms with Gasteiger partial charge >= 0.3 is 0 Å². The zero-order chi connectivity index (χ0) is 11.9. The summed E-state index contributed by atoms with van der Waals surface area (Å²) >= 11 is 0. The van der Waals surface area contributed by atoms with E-state index in [1.165, 1.54) is 0 Å². The number of carbonyl (C=O) groups excluding carboxylic acids is 1. The maximum absolute atomic E-state index is 11.2. The molecular formula is C11H16O5. The molecule has 0 saturated carbocycles. The molecule has 2 N–H and O–H groups in total. The SMILES string of the molecule is CC(C)C1OC[C@@H](C2CC(=O)C(O)=C2O)O1. The summed E-state index contributed by atoms with van der Waals surface area (Å²) in [6.07, 6.45) is -0.548. The van der Waals surface area contributed by atoms with Gasteiger partial charge < -0.3 is 19.7 Å². The van der Waals surface area contributed by atoms with Crippen LogP contribution in [0.5, 0.6) is 0 Å². The van der Waals surface area contributed by atoms with Crippen molar-refractivity contribution in [1.29, 1.82) is 0 Å². The van der Waals surface area contributed by atoms with Crippen LogP contribution < -0.4 is 0 Å². The van der Waals surface area contributed by atoms with Crippen LogP contribution in [0.3, 0.4) is 0 Å². The van der Waals surface area contributed by atoms with Crippen molar-refractivity contribution in [3.05, 3.63) is 11.5 Å². The molecule has 16 heavy (non-hydrogen) atoms. The summed E-state index contributed by atoms with van der Waals surface area (Å²) in [6.45, 7) is 4.29. The van der Waals surface area contributed by atoms with Crippen molar-refractivity contribution < 1.29 is 24.5 Å². The highest BCUT2D eigenvalue weighted by atomic mass is 16.7. The Morgan fingerprint density at radius 2 is 2.06 bits per heavy atom. The number of carbonyl (C=O) groups is 1. The number of allylic oxidation sites excluding steroid dienone is 1. The molecule has 0 aromatic heterocycles. The van der Waals surface area contributed by atoms with Gasteiger partial charge in [0.25, 0.3) is 0 Å². The second-order valence-electron chi connectivity index (χ2n) is 4.59. The number of ketones is 1. The Hall–Kier alpha value is -1.07. The van der Waals surface area contributed by atoms with Crippen LogP contribution >= 0.6 is 0 Å². The Bertz CT molecular complexity index is 333. The molecule has 0 spiro atoms. The molecule has 1 fully saturated rings. The van der Waals surface area contributed by atoms with E-state index in [1.54, 1.807) is 0 Å². The van der Waals surface area contributed by atoms with E-state index < -0.39 is 17.5 Å². The first kappa shape index (κ1) is 11.4. The molecule has 1 aliphatic heterocycles. The van der Waals surface area contributed by atoms with Gasteiger partial charge in [-0.2, -0.15) is 0 Å². The maximum Gasteiger partial charge on any atom is 0.201 e. The third-order valence-electron chi connectivity index (χ3n) is 2.99. The average Bonchev–Trinajstić information content (AvgIpc) is 2.79. The number of aliphatic hydroxyl groups is 2. The molecule has 1 aliphatic carbocycles. The summed E-state index contributed by atoms with van der Waals surface area (Å²) in [5.41, 5.74) is 0. The van der Waals surface area contributed by atoms with Gasteiger partial charge in [-0.1, -0.05) is 13.8 Å². The van der Waals surface area contributed by atoms with Gasteiger partial charge in [0, 0.05) is 12.3 Å². The number of hydrogen-bond acceptors (Lipinski definition) is 5. The highest BCUT2D eigenvalue weighted by Gasteiger charge is 2.42. The normalized spacial score (nSPS) is 35.4. The molecule has 2 aliphatic rings. The summed E-state index contributed by atoms with van der Waals surface area (Å²) in [5.74, 6) is -1.46. The van der Waals surface area contributed by atoms with Crippen molar-refractivity contribution in [2.24, 2.45) is 11.8 Å². The first-order chi connectivity index (χ1) is 7.50. The van der Waals surface area contributed by atoms with Crippen LogP contribution in [-0.4, -0.2) is 35.0 Å². The Labute approximate surface area is 93.7 Å². The number of ether oxygens (including phenoxy) is 2. The fraction of sp³-hybridized carbons (Fsp3) is 0.727. The molecule has 5 nitrogen and oxygen atoms in total. The van der Waals surface area contributed by atoms with Crippen molar-refractivity contribution in [3.63, 3.8) is 0 Å². The second-order valence-corrected chi connectivity index (χ2v) is 4.59. The summed E-state index contributed by atoms with van der Waals surface area (Å²) in [6, 6.07) is 0. The van der Waals surface area contributed by atoms with Crippen molar-refractivity contribution in [3.8, 4) is 0 Å². The van der Waals surface area contributed by atoms with Crippen LogP contribution in [0.15, 0.2) is 11.5 Å². The third kappa shape index (κ3) is 1.81. The Morgan fingerprint density at radius 1 is 1.38 bits per heavy atom. The average molecular weight is 228 g/mol. The lowest BCUT2D eigenvalue weighted by atomic mass is 10.0. The van der Waals surface area contributed by atoms with Crippen molar-refractivity contribution >= 4 is 5.78 Å². The molecule has 1 heterocycles. The van der Waals surface area contributed by atoms with Gasteiger partial charge in [0.1, 0.15) is 5.76 Å². The van der Waals surface area contributed by atoms with Crippen molar-refractivity contribution in [2.75, 3.05) is 6.61 Å². The number of rotatable bonds is 2. The van der Waals surface area contributed by atoms with E-state index in [0.29, 0.717) is 6.61 Å². The van der Waals surface area contributed by atoms with Gasteiger partial charge in [-0.25, -0.2) is 0 Å². The predicted molar refractivity (Wildman–Crippen MR) is 54.8 cm³/mol. The molecule has 0 bridgehead atoms. The molecule has 3 atom stereocenters. The summed E-state index contributed by atoms with van der Waals surface area (Å²) in [5, 5.41) is 18.8. The van der Waals surface area contributed by atoms with E-state index in [2.05, 4.69) is 0 Å². The lowest BCUT2D eigenvalue weighted by molar-refractivity contribution is -0.119. The first-order valence-corrected chi connectivity index (χ1v) is 5.43. The smallest absolute Gasteiger partial charge is 0.201 e. The molecule has 2 unspecified atom stereocenters. The third-order valence-corrected chi connectivity index (χ3v) is 2.99. The molecule has 90 valence electrons. The lowest BCUT2D eigenvalue weighted by Gasteiger charge is -2.18. The van der Waals surface area contributed by atoms with E-state index in [9.17, 15) is 15.0 Å². The van der Waals surface area contributed by atoms with Crippen LogP contribution in [0, 0.1) is 11.8 Å². The summed E-state index contributed by atoms with van der Waals surface area (Å²) in [7, 11) is 0. The van der Waals surface area contributed by atoms with Crippen molar-refractivity contribution in [2.45, 2.75) is 32.7 Å². The molecule has 1 saturated heterocycles. The maximum atomic E-state index is 11.2. The van der Waals surface area contributed by atoms with E-state index in [-0.39, 0.29) is 30.5 Å². The van der Waals surface area contributed by atoms with Crippen molar-refractivity contribution in [1.82, 2.24) is 0 Å².